The first kappa shape index (κ1) is 16.1. The lowest BCUT2D eigenvalue weighted by Crippen LogP contribution is -2.37. The largest absolute Gasteiger partial charge is 0.386 e. The molecule has 1 aromatic carbocycles. The predicted octanol–water partition coefficient (Wildman–Crippen LogP) is 1.81. The summed E-state index contributed by atoms with van der Waals surface area (Å²) >= 11 is 1.31. The zero-order valence-corrected chi connectivity index (χ0v) is 12.0. The van der Waals surface area contributed by atoms with Gasteiger partial charge in [0.05, 0.1) is 5.69 Å². The molecule has 3 N–H and O–H groups in total. The van der Waals surface area contributed by atoms with Crippen LogP contribution in [0.5, 0.6) is 0 Å². The summed E-state index contributed by atoms with van der Waals surface area (Å²) in [6.07, 6.45) is -0.931. The van der Waals surface area contributed by atoms with E-state index in [4.69, 9.17) is 0 Å². The molecule has 0 saturated heterocycles. The summed E-state index contributed by atoms with van der Waals surface area (Å²) in [4.78, 5) is 23.8. The lowest BCUT2D eigenvalue weighted by atomic mass is 10.3. The molecule has 0 radical (unpaired) electrons. The van der Waals surface area contributed by atoms with Crippen molar-refractivity contribution in [2.75, 3.05) is 11.9 Å². The van der Waals surface area contributed by atoms with Crippen LogP contribution < -0.4 is 10.6 Å². The fourth-order valence-electron chi connectivity index (χ4n) is 1.62. The number of hydrogen-bond donors (Lipinski definition) is 3. The van der Waals surface area contributed by atoms with Crippen molar-refractivity contribution in [3.8, 4) is 0 Å². The Labute approximate surface area is 128 Å². The van der Waals surface area contributed by atoms with Gasteiger partial charge in [0, 0.05) is 17.5 Å². The molecule has 0 bridgehead atoms. The van der Waals surface area contributed by atoms with Crippen LogP contribution in [0.1, 0.15) is 11.0 Å². The fraction of sp³-hybridized carbons (Fsp3) is 0.143. The van der Waals surface area contributed by atoms with Gasteiger partial charge in [-0.25, -0.2) is 8.78 Å². The Morgan fingerprint density at radius 1 is 1.23 bits per heavy atom. The maximum atomic E-state index is 13.3. The molecule has 0 fully saturated rings. The first-order valence-electron chi connectivity index (χ1n) is 6.23. The van der Waals surface area contributed by atoms with E-state index in [1.807, 2.05) is 5.32 Å². The molecule has 1 aromatic heterocycles. The number of rotatable bonds is 4. The van der Waals surface area contributed by atoms with Crippen molar-refractivity contribution >= 4 is 28.8 Å². The lowest BCUT2D eigenvalue weighted by Gasteiger charge is -2.10. The van der Waals surface area contributed by atoms with Crippen LogP contribution >= 0.6 is 11.3 Å². The molecule has 2 amide bonds. The van der Waals surface area contributed by atoms with E-state index in [0.29, 0.717) is 10.9 Å². The second kappa shape index (κ2) is 7.10. The molecule has 0 aliphatic rings. The summed E-state index contributed by atoms with van der Waals surface area (Å²) in [5, 5.41) is 15.8. The minimum atomic E-state index is -1.11. The predicted molar refractivity (Wildman–Crippen MR) is 77.3 cm³/mol. The van der Waals surface area contributed by atoms with Crippen LogP contribution in [0.2, 0.25) is 0 Å². The Bertz CT molecular complexity index is 677. The standard InChI is InChI=1S/C14H12F2N2O3S/c15-8-3-4-10(9(16)6-8)18-14(21)13(20)17-7-11(19)12-2-1-5-22-12/h1-6,11,19H,7H2,(H,17,20)(H,18,21). The van der Waals surface area contributed by atoms with Crippen molar-refractivity contribution in [2.45, 2.75) is 6.10 Å². The third-order valence-corrected chi connectivity index (χ3v) is 3.69. The summed E-state index contributed by atoms with van der Waals surface area (Å²) in [7, 11) is 0. The number of carbonyl (C=O) groups is 2. The fourth-order valence-corrected chi connectivity index (χ4v) is 2.33. The normalized spacial score (nSPS) is 11.8. The number of thiophene rings is 1. The number of benzene rings is 1. The molecule has 0 aliphatic carbocycles. The molecular weight excluding hydrogens is 314 g/mol. The molecular formula is C14H12F2N2O3S. The Kier molecular flexibility index (Phi) is 5.18. The highest BCUT2D eigenvalue weighted by molar-refractivity contribution is 7.10. The quantitative estimate of drug-likeness (QED) is 0.750. The second-order valence-corrected chi connectivity index (χ2v) is 5.30. The number of aliphatic hydroxyl groups is 1. The van der Waals surface area contributed by atoms with E-state index in [1.54, 1.807) is 17.5 Å². The summed E-state index contributed by atoms with van der Waals surface area (Å²) in [5.41, 5.74) is -0.305. The smallest absolute Gasteiger partial charge is 0.313 e. The number of amides is 2. The van der Waals surface area contributed by atoms with Crippen molar-refractivity contribution in [3.63, 3.8) is 0 Å². The first-order chi connectivity index (χ1) is 10.5. The molecule has 2 aromatic rings. The Morgan fingerprint density at radius 3 is 2.64 bits per heavy atom. The maximum Gasteiger partial charge on any atom is 0.313 e. The van der Waals surface area contributed by atoms with Gasteiger partial charge in [0.2, 0.25) is 0 Å². The van der Waals surface area contributed by atoms with E-state index in [1.165, 1.54) is 11.3 Å². The number of carbonyl (C=O) groups excluding carboxylic acids is 2. The zero-order valence-electron chi connectivity index (χ0n) is 11.2. The van der Waals surface area contributed by atoms with E-state index >= 15 is 0 Å². The molecule has 1 atom stereocenters. The average molecular weight is 326 g/mol. The summed E-state index contributed by atoms with van der Waals surface area (Å²) < 4.78 is 26.1. The number of anilines is 1. The molecule has 0 saturated carbocycles. The van der Waals surface area contributed by atoms with Gasteiger partial charge in [-0.3, -0.25) is 9.59 Å². The van der Waals surface area contributed by atoms with Gasteiger partial charge in [0.25, 0.3) is 0 Å². The number of nitrogens with one attached hydrogen (secondary N) is 2. The van der Waals surface area contributed by atoms with E-state index in [-0.39, 0.29) is 12.2 Å². The third kappa shape index (κ3) is 4.09. The van der Waals surface area contributed by atoms with Crippen molar-refractivity contribution < 1.29 is 23.5 Å². The van der Waals surface area contributed by atoms with Crippen molar-refractivity contribution in [3.05, 3.63) is 52.2 Å². The second-order valence-electron chi connectivity index (χ2n) is 4.32. The van der Waals surface area contributed by atoms with Crippen LogP contribution in [-0.2, 0) is 9.59 Å². The SMILES string of the molecule is O=C(NCC(O)c1cccs1)C(=O)Nc1ccc(F)cc1F. The molecule has 2 rings (SSSR count). The minimum absolute atomic E-state index is 0.154. The van der Waals surface area contributed by atoms with Gasteiger partial charge in [-0.05, 0) is 23.6 Å². The third-order valence-electron chi connectivity index (χ3n) is 2.71. The molecule has 1 heterocycles. The summed E-state index contributed by atoms with van der Waals surface area (Å²) in [5.74, 6) is -3.91. The number of aliphatic hydroxyl groups excluding tert-OH is 1. The van der Waals surface area contributed by atoms with Crippen LogP contribution in [0.25, 0.3) is 0 Å². The Morgan fingerprint density at radius 2 is 2.00 bits per heavy atom. The van der Waals surface area contributed by atoms with Crippen molar-refractivity contribution in [1.82, 2.24) is 5.32 Å². The van der Waals surface area contributed by atoms with Gasteiger partial charge in [-0.1, -0.05) is 6.07 Å². The molecule has 116 valence electrons. The van der Waals surface area contributed by atoms with Crippen molar-refractivity contribution in [1.29, 1.82) is 0 Å². The van der Waals surface area contributed by atoms with E-state index in [0.717, 1.165) is 12.1 Å². The van der Waals surface area contributed by atoms with Gasteiger partial charge in [0.1, 0.15) is 17.7 Å². The van der Waals surface area contributed by atoms with E-state index in [9.17, 15) is 23.5 Å². The van der Waals surface area contributed by atoms with Crippen LogP contribution in [0.15, 0.2) is 35.7 Å². The first-order valence-corrected chi connectivity index (χ1v) is 7.11. The molecule has 0 spiro atoms. The van der Waals surface area contributed by atoms with Gasteiger partial charge in [0.15, 0.2) is 0 Å². The molecule has 22 heavy (non-hydrogen) atoms. The number of halogens is 2. The van der Waals surface area contributed by atoms with E-state index in [2.05, 4.69) is 5.32 Å². The van der Waals surface area contributed by atoms with Gasteiger partial charge >= 0.3 is 11.8 Å². The highest BCUT2D eigenvalue weighted by Gasteiger charge is 2.17. The molecule has 8 heteroatoms. The zero-order chi connectivity index (χ0) is 16.1. The van der Waals surface area contributed by atoms with Gasteiger partial charge < -0.3 is 15.7 Å². The highest BCUT2D eigenvalue weighted by atomic mass is 32.1. The molecule has 0 aliphatic heterocycles. The van der Waals surface area contributed by atoms with Crippen LogP contribution in [0, 0.1) is 11.6 Å². The van der Waals surface area contributed by atoms with E-state index < -0.39 is 29.6 Å². The minimum Gasteiger partial charge on any atom is -0.386 e. The Hall–Kier alpha value is -2.32. The average Bonchev–Trinajstić information content (AvgIpc) is 3.01. The van der Waals surface area contributed by atoms with Crippen LogP contribution in [-0.4, -0.2) is 23.5 Å². The highest BCUT2D eigenvalue weighted by Crippen LogP contribution is 2.18. The van der Waals surface area contributed by atoms with Crippen molar-refractivity contribution in [2.24, 2.45) is 0 Å². The summed E-state index contributed by atoms with van der Waals surface area (Å²) in [6, 6.07) is 5.99. The summed E-state index contributed by atoms with van der Waals surface area (Å²) in [6.45, 7) is -0.154. The Balaban J connectivity index is 1.88. The maximum absolute atomic E-state index is 13.3. The van der Waals surface area contributed by atoms with Crippen LogP contribution in [0.4, 0.5) is 14.5 Å². The topological polar surface area (TPSA) is 78.4 Å². The molecule has 1 unspecified atom stereocenters. The molecule has 5 nitrogen and oxygen atoms in total. The van der Waals surface area contributed by atoms with Gasteiger partial charge in [-0.2, -0.15) is 0 Å². The van der Waals surface area contributed by atoms with Gasteiger partial charge in [-0.15, -0.1) is 11.3 Å². The lowest BCUT2D eigenvalue weighted by molar-refractivity contribution is -0.136. The number of hydrogen-bond acceptors (Lipinski definition) is 4. The monoisotopic (exact) mass is 326 g/mol. The van der Waals surface area contributed by atoms with Crippen LogP contribution in [0.3, 0.4) is 0 Å².